The first-order chi connectivity index (χ1) is 10.3. The van der Waals surface area contributed by atoms with Gasteiger partial charge in [0.25, 0.3) is 0 Å². The number of hydrogen-bond acceptors (Lipinski definition) is 2. The molecule has 2 heterocycles. The van der Waals surface area contributed by atoms with Gasteiger partial charge in [-0.05, 0) is 30.7 Å². The summed E-state index contributed by atoms with van der Waals surface area (Å²) >= 11 is 0. The Morgan fingerprint density at radius 1 is 1.33 bits per heavy atom. The lowest BCUT2D eigenvalue weighted by molar-refractivity contribution is 0.0992. The molecule has 2 aliphatic heterocycles. The van der Waals surface area contributed by atoms with Gasteiger partial charge in [-0.15, -0.1) is 0 Å². The predicted molar refractivity (Wildman–Crippen MR) is 85.7 cm³/mol. The first-order valence-corrected chi connectivity index (χ1v) is 7.94. The highest BCUT2D eigenvalue weighted by Crippen LogP contribution is 2.34. The van der Waals surface area contributed by atoms with Crippen molar-refractivity contribution >= 4 is 5.96 Å². The fourth-order valence-electron chi connectivity index (χ4n) is 3.31. The average molecular weight is 287 g/mol. The molecule has 1 aromatic rings. The number of aliphatic imine (C=N–C) groups is 1. The van der Waals surface area contributed by atoms with Crippen LogP contribution in [0.2, 0.25) is 0 Å². The second kappa shape index (κ2) is 6.48. The summed E-state index contributed by atoms with van der Waals surface area (Å²) in [5.74, 6) is 1.35. The van der Waals surface area contributed by atoms with E-state index >= 15 is 0 Å². The molecule has 0 aromatic heterocycles. The maximum absolute atomic E-state index is 5.88. The Balaban J connectivity index is 1.49. The first kappa shape index (κ1) is 14.4. The normalized spacial score (nSPS) is 29.4. The Morgan fingerprint density at radius 3 is 2.76 bits per heavy atom. The van der Waals surface area contributed by atoms with Crippen LogP contribution in [0, 0.1) is 0 Å². The maximum atomic E-state index is 5.88. The molecule has 0 radical (unpaired) electrons. The lowest BCUT2D eigenvalue weighted by Gasteiger charge is -2.23. The van der Waals surface area contributed by atoms with E-state index in [-0.39, 0.29) is 0 Å². The van der Waals surface area contributed by atoms with Gasteiger partial charge in [-0.1, -0.05) is 37.3 Å². The fraction of sp³-hybridized carbons (Fsp3) is 0.588. The highest BCUT2D eigenvalue weighted by atomic mass is 16.5. The van der Waals surface area contributed by atoms with Crippen molar-refractivity contribution in [3.8, 4) is 0 Å². The molecule has 0 amide bonds. The van der Waals surface area contributed by atoms with Gasteiger partial charge in [-0.2, -0.15) is 0 Å². The first-order valence-electron chi connectivity index (χ1n) is 7.94. The fourth-order valence-corrected chi connectivity index (χ4v) is 3.31. The zero-order valence-corrected chi connectivity index (χ0v) is 12.9. The molecule has 1 aromatic carbocycles. The topological polar surface area (TPSA) is 45.7 Å². The summed E-state index contributed by atoms with van der Waals surface area (Å²) in [6.07, 6.45) is 4.35. The van der Waals surface area contributed by atoms with E-state index < -0.39 is 0 Å². The van der Waals surface area contributed by atoms with Gasteiger partial charge in [0.1, 0.15) is 0 Å². The van der Waals surface area contributed by atoms with Crippen molar-refractivity contribution in [2.24, 2.45) is 4.99 Å². The minimum Gasteiger partial charge on any atom is -0.373 e. The zero-order valence-electron chi connectivity index (χ0n) is 12.9. The quantitative estimate of drug-likeness (QED) is 0.659. The van der Waals surface area contributed by atoms with Crippen molar-refractivity contribution in [2.45, 2.75) is 50.4 Å². The molecule has 114 valence electrons. The van der Waals surface area contributed by atoms with E-state index in [9.17, 15) is 0 Å². The standard InChI is InChI=1S/C17H25N3O/c1-12(13-6-4-3-5-7-13)11-19-17(18-2)20-15-10-14-8-9-16(15)21-14/h3-7,12,14-16H,8-11H2,1-2H3,(H2,18,19,20). The van der Waals surface area contributed by atoms with Gasteiger partial charge in [-0.3, -0.25) is 4.99 Å². The minimum atomic E-state index is 0.375. The highest BCUT2D eigenvalue weighted by Gasteiger charge is 2.41. The third kappa shape index (κ3) is 3.38. The maximum Gasteiger partial charge on any atom is 0.191 e. The number of fused-ring (bicyclic) bond motifs is 2. The Morgan fingerprint density at radius 2 is 2.14 bits per heavy atom. The summed E-state index contributed by atoms with van der Waals surface area (Å²) in [4.78, 5) is 4.34. The molecule has 2 saturated heterocycles. The van der Waals surface area contributed by atoms with Crippen molar-refractivity contribution in [3.63, 3.8) is 0 Å². The number of ether oxygens (including phenoxy) is 1. The van der Waals surface area contributed by atoms with Crippen LogP contribution in [0.1, 0.15) is 37.7 Å². The Kier molecular flexibility index (Phi) is 4.44. The second-order valence-electron chi connectivity index (χ2n) is 6.13. The average Bonchev–Trinajstić information content (AvgIpc) is 3.14. The number of nitrogens with one attached hydrogen (secondary N) is 2. The van der Waals surface area contributed by atoms with Gasteiger partial charge in [-0.25, -0.2) is 0 Å². The molecular formula is C17H25N3O. The molecule has 4 nitrogen and oxygen atoms in total. The van der Waals surface area contributed by atoms with E-state index in [4.69, 9.17) is 4.74 Å². The molecule has 3 rings (SSSR count). The van der Waals surface area contributed by atoms with Gasteiger partial charge < -0.3 is 15.4 Å². The van der Waals surface area contributed by atoms with E-state index in [0.29, 0.717) is 24.2 Å². The molecule has 4 atom stereocenters. The van der Waals surface area contributed by atoms with Crippen LogP contribution in [0.3, 0.4) is 0 Å². The van der Waals surface area contributed by atoms with Gasteiger partial charge in [0, 0.05) is 13.6 Å². The minimum absolute atomic E-state index is 0.375. The number of rotatable bonds is 4. The molecule has 4 heteroatoms. The SMILES string of the molecule is CN=C(NCC(C)c1ccccc1)NC1CC2CCC1O2. The molecule has 2 fully saturated rings. The molecule has 0 aliphatic carbocycles. The van der Waals surface area contributed by atoms with Gasteiger partial charge in [0.05, 0.1) is 18.2 Å². The summed E-state index contributed by atoms with van der Waals surface area (Å²) in [5, 5.41) is 6.96. The molecule has 4 unspecified atom stereocenters. The molecule has 2 aliphatic rings. The third-order valence-electron chi connectivity index (χ3n) is 4.60. The number of benzene rings is 1. The van der Waals surface area contributed by atoms with Crippen molar-refractivity contribution < 1.29 is 4.74 Å². The summed E-state index contributed by atoms with van der Waals surface area (Å²) in [5.41, 5.74) is 1.35. The lowest BCUT2D eigenvalue weighted by Crippen LogP contribution is -2.48. The molecule has 0 spiro atoms. The van der Waals surface area contributed by atoms with Crippen LogP contribution in [0.25, 0.3) is 0 Å². The van der Waals surface area contributed by atoms with Crippen LogP contribution < -0.4 is 10.6 Å². The summed E-state index contributed by atoms with van der Waals surface area (Å²) in [6, 6.07) is 11.0. The van der Waals surface area contributed by atoms with Crippen molar-refractivity contribution in [1.29, 1.82) is 0 Å². The van der Waals surface area contributed by atoms with Crippen molar-refractivity contribution in [2.75, 3.05) is 13.6 Å². The summed E-state index contributed by atoms with van der Waals surface area (Å²) < 4.78 is 5.88. The van der Waals surface area contributed by atoms with E-state index in [0.717, 1.165) is 18.9 Å². The van der Waals surface area contributed by atoms with Crippen LogP contribution in [0.5, 0.6) is 0 Å². The van der Waals surface area contributed by atoms with Gasteiger partial charge in [0.15, 0.2) is 5.96 Å². The van der Waals surface area contributed by atoms with E-state index in [1.807, 2.05) is 7.05 Å². The van der Waals surface area contributed by atoms with E-state index in [1.54, 1.807) is 0 Å². The third-order valence-corrected chi connectivity index (χ3v) is 4.60. The molecule has 2 N–H and O–H groups in total. The zero-order chi connectivity index (χ0) is 14.7. The van der Waals surface area contributed by atoms with Crippen LogP contribution >= 0.6 is 0 Å². The molecular weight excluding hydrogens is 262 g/mol. The Hall–Kier alpha value is -1.55. The van der Waals surface area contributed by atoms with Crippen LogP contribution in [-0.4, -0.2) is 37.8 Å². The number of guanidine groups is 1. The summed E-state index contributed by atoms with van der Waals surface area (Å²) in [7, 11) is 1.83. The smallest absolute Gasteiger partial charge is 0.191 e. The molecule has 0 saturated carbocycles. The van der Waals surface area contributed by atoms with Crippen LogP contribution in [-0.2, 0) is 4.74 Å². The number of nitrogens with zero attached hydrogens (tertiary/aromatic N) is 1. The largest absolute Gasteiger partial charge is 0.373 e. The Bertz CT molecular complexity index is 488. The molecule has 21 heavy (non-hydrogen) atoms. The monoisotopic (exact) mass is 287 g/mol. The lowest BCUT2D eigenvalue weighted by atomic mass is 9.96. The predicted octanol–water partition coefficient (Wildman–Crippen LogP) is 2.28. The van der Waals surface area contributed by atoms with Crippen LogP contribution in [0.4, 0.5) is 0 Å². The van der Waals surface area contributed by atoms with Crippen molar-refractivity contribution in [3.05, 3.63) is 35.9 Å². The van der Waals surface area contributed by atoms with Gasteiger partial charge in [0.2, 0.25) is 0 Å². The van der Waals surface area contributed by atoms with Crippen molar-refractivity contribution in [1.82, 2.24) is 10.6 Å². The summed E-state index contributed by atoms with van der Waals surface area (Å²) in [6.45, 7) is 3.11. The molecule has 2 bridgehead atoms. The van der Waals surface area contributed by atoms with Gasteiger partial charge >= 0.3 is 0 Å². The Labute approximate surface area is 127 Å². The highest BCUT2D eigenvalue weighted by molar-refractivity contribution is 5.80. The van der Waals surface area contributed by atoms with Crippen LogP contribution in [0.15, 0.2) is 35.3 Å². The second-order valence-corrected chi connectivity index (χ2v) is 6.13. The van der Waals surface area contributed by atoms with E-state index in [1.165, 1.54) is 18.4 Å². The number of hydrogen-bond donors (Lipinski definition) is 2. The van der Waals surface area contributed by atoms with E-state index in [2.05, 4.69) is 52.9 Å².